The van der Waals surface area contributed by atoms with Crippen LogP contribution in [0.4, 0.5) is 0 Å². The molecule has 0 radical (unpaired) electrons. The average Bonchev–Trinajstić information content (AvgIpc) is 2.01. The van der Waals surface area contributed by atoms with Gasteiger partial charge in [-0.2, -0.15) is 4.31 Å². The van der Waals surface area contributed by atoms with Gasteiger partial charge in [-0.1, -0.05) is 0 Å². The average molecular weight is 223 g/mol. The second-order valence-corrected chi connectivity index (χ2v) is 5.52. The fourth-order valence-corrected chi connectivity index (χ4v) is 1.75. The number of ether oxygens (including phenoxy) is 1. The van der Waals surface area contributed by atoms with Crippen molar-refractivity contribution in [2.24, 2.45) is 0 Å². The summed E-state index contributed by atoms with van der Waals surface area (Å²) < 4.78 is 28.2. The summed E-state index contributed by atoms with van der Waals surface area (Å²) in [5.41, 5.74) is -1.16. The monoisotopic (exact) mass is 223 g/mol. The Balaban J connectivity index is 4.87. The zero-order valence-corrected chi connectivity index (χ0v) is 10.0. The van der Waals surface area contributed by atoms with Gasteiger partial charge in [0.2, 0.25) is 10.0 Å². The van der Waals surface area contributed by atoms with E-state index in [1.54, 1.807) is 6.92 Å². The summed E-state index contributed by atoms with van der Waals surface area (Å²) in [7, 11) is -2.04. The molecule has 0 unspecified atom stereocenters. The first kappa shape index (κ1) is 13.4. The summed E-state index contributed by atoms with van der Waals surface area (Å²) >= 11 is 0. The summed E-state index contributed by atoms with van der Waals surface area (Å²) in [6.07, 6.45) is 1.05. The molecule has 0 heterocycles. The quantitative estimate of drug-likeness (QED) is 0.640. The van der Waals surface area contributed by atoms with Gasteiger partial charge in [-0.3, -0.25) is 4.79 Å². The molecule has 14 heavy (non-hydrogen) atoms. The van der Waals surface area contributed by atoms with E-state index >= 15 is 0 Å². The standard InChI is InChI=1S/C8H17NO4S/c1-6-13-7(10)8(2,3)9(4)14(5,11)12/h6H2,1-5H3. The molecule has 0 saturated heterocycles. The second-order valence-electron chi connectivity index (χ2n) is 3.51. The molecule has 0 aromatic carbocycles. The maximum absolute atomic E-state index is 11.4. The molecule has 0 amide bonds. The topological polar surface area (TPSA) is 63.7 Å². The normalized spacial score (nSPS) is 13.0. The molecule has 6 heteroatoms. The molecule has 0 spiro atoms. The molecule has 0 aromatic rings. The van der Waals surface area contributed by atoms with E-state index in [1.807, 2.05) is 0 Å². The number of sulfonamides is 1. The second kappa shape index (κ2) is 4.27. The molecular weight excluding hydrogens is 206 g/mol. The molecule has 0 aromatic heterocycles. The van der Waals surface area contributed by atoms with Crippen LogP contribution >= 0.6 is 0 Å². The van der Waals surface area contributed by atoms with E-state index in [0.29, 0.717) is 0 Å². The third kappa shape index (κ3) is 2.95. The molecule has 0 fully saturated rings. The van der Waals surface area contributed by atoms with Crippen molar-refractivity contribution in [2.75, 3.05) is 19.9 Å². The Morgan fingerprint density at radius 3 is 2.14 bits per heavy atom. The first-order valence-corrected chi connectivity index (χ1v) is 6.10. The van der Waals surface area contributed by atoms with Crippen LogP contribution in [0.1, 0.15) is 20.8 Å². The highest BCUT2D eigenvalue weighted by atomic mass is 32.2. The van der Waals surface area contributed by atoms with E-state index in [1.165, 1.54) is 20.9 Å². The third-order valence-electron chi connectivity index (χ3n) is 2.06. The maximum Gasteiger partial charge on any atom is 0.326 e. The van der Waals surface area contributed by atoms with Gasteiger partial charge in [0.1, 0.15) is 5.54 Å². The lowest BCUT2D eigenvalue weighted by Crippen LogP contribution is -2.51. The molecule has 84 valence electrons. The predicted molar refractivity (Wildman–Crippen MR) is 53.3 cm³/mol. The molecule has 0 aliphatic heterocycles. The van der Waals surface area contributed by atoms with E-state index < -0.39 is 21.5 Å². The molecule has 0 N–H and O–H groups in total. The molecule has 0 atom stereocenters. The van der Waals surface area contributed by atoms with Crippen LogP contribution in [0, 0.1) is 0 Å². The number of carbonyl (C=O) groups is 1. The van der Waals surface area contributed by atoms with Gasteiger partial charge in [0.25, 0.3) is 0 Å². The van der Waals surface area contributed by atoms with Crippen LogP contribution in [0.3, 0.4) is 0 Å². The maximum atomic E-state index is 11.4. The van der Waals surface area contributed by atoms with Crippen molar-refractivity contribution >= 4 is 16.0 Å². The van der Waals surface area contributed by atoms with Gasteiger partial charge in [0.05, 0.1) is 12.9 Å². The molecule has 0 saturated carbocycles. The number of carbonyl (C=O) groups excluding carboxylic acids is 1. The van der Waals surface area contributed by atoms with Crippen molar-refractivity contribution < 1.29 is 17.9 Å². The van der Waals surface area contributed by atoms with Crippen LogP contribution in [-0.2, 0) is 19.6 Å². The van der Waals surface area contributed by atoms with Gasteiger partial charge >= 0.3 is 5.97 Å². The summed E-state index contributed by atoms with van der Waals surface area (Å²) in [5, 5.41) is 0. The van der Waals surface area contributed by atoms with E-state index in [0.717, 1.165) is 10.6 Å². The number of esters is 1. The number of hydrogen-bond acceptors (Lipinski definition) is 4. The lowest BCUT2D eigenvalue weighted by molar-refractivity contribution is -0.152. The fraction of sp³-hybridized carbons (Fsp3) is 0.875. The lowest BCUT2D eigenvalue weighted by atomic mass is 10.1. The zero-order chi connectivity index (χ0) is 11.6. The highest BCUT2D eigenvalue weighted by molar-refractivity contribution is 7.88. The third-order valence-corrected chi connectivity index (χ3v) is 3.51. The van der Waals surface area contributed by atoms with Gasteiger partial charge in [-0.25, -0.2) is 8.42 Å². The van der Waals surface area contributed by atoms with E-state index in [2.05, 4.69) is 0 Å². The molecule has 5 nitrogen and oxygen atoms in total. The number of likely N-dealkylation sites (N-methyl/N-ethyl adjacent to an activating group) is 1. The van der Waals surface area contributed by atoms with Gasteiger partial charge in [0, 0.05) is 7.05 Å². The van der Waals surface area contributed by atoms with E-state index in [9.17, 15) is 13.2 Å². The largest absolute Gasteiger partial charge is 0.465 e. The first-order chi connectivity index (χ1) is 6.14. The van der Waals surface area contributed by atoms with Crippen molar-refractivity contribution in [3.63, 3.8) is 0 Å². The van der Waals surface area contributed by atoms with Crippen molar-refractivity contribution in [2.45, 2.75) is 26.3 Å². The van der Waals surface area contributed by atoms with E-state index in [-0.39, 0.29) is 6.61 Å². The van der Waals surface area contributed by atoms with Gasteiger partial charge in [-0.15, -0.1) is 0 Å². The summed E-state index contributed by atoms with van der Waals surface area (Å²) in [6.45, 7) is 4.92. The summed E-state index contributed by atoms with van der Waals surface area (Å²) in [6, 6.07) is 0. The van der Waals surface area contributed by atoms with Crippen LogP contribution in [0.2, 0.25) is 0 Å². The molecule has 0 bridgehead atoms. The van der Waals surface area contributed by atoms with E-state index in [4.69, 9.17) is 4.74 Å². The van der Waals surface area contributed by atoms with Crippen molar-refractivity contribution in [1.29, 1.82) is 0 Å². The smallest absolute Gasteiger partial charge is 0.326 e. The number of nitrogens with zero attached hydrogens (tertiary/aromatic N) is 1. The van der Waals surface area contributed by atoms with Crippen LogP contribution in [0.5, 0.6) is 0 Å². The lowest BCUT2D eigenvalue weighted by Gasteiger charge is -2.30. The van der Waals surface area contributed by atoms with Gasteiger partial charge < -0.3 is 4.74 Å². The minimum Gasteiger partial charge on any atom is -0.465 e. The van der Waals surface area contributed by atoms with Crippen LogP contribution in [-0.4, -0.2) is 44.1 Å². The zero-order valence-electron chi connectivity index (χ0n) is 9.20. The summed E-state index contributed by atoms with van der Waals surface area (Å²) in [4.78, 5) is 11.4. The Bertz CT molecular complexity index is 307. The minimum atomic E-state index is -3.39. The summed E-state index contributed by atoms with van der Waals surface area (Å²) in [5.74, 6) is -0.548. The Labute approximate surface area is 85.1 Å². The SMILES string of the molecule is CCOC(=O)C(C)(C)N(C)S(C)(=O)=O. The van der Waals surface area contributed by atoms with Gasteiger partial charge in [-0.05, 0) is 20.8 Å². The Hall–Kier alpha value is -0.620. The molecule has 0 aliphatic rings. The minimum absolute atomic E-state index is 0.236. The molecule has 0 aliphatic carbocycles. The Morgan fingerprint density at radius 2 is 1.86 bits per heavy atom. The Kier molecular flexibility index (Phi) is 4.08. The van der Waals surface area contributed by atoms with Crippen molar-refractivity contribution in [3.8, 4) is 0 Å². The fourth-order valence-electron chi connectivity index (χ4n) is 0.851. The van der Waals surface area contributed by atoms with Gasteiger partial charge in [0.15, 0.2) is 0 Å². The number of hydrogen-bond donors (Lipinski definition) is 0. The highest BCUT2D eigenvalue weighted by Gasteiger charge is 2.38. The number of rotatable bonds is 4. The first-order valence-electron chi connectivity index (χ1n) is 4.25. The molecule has 0 rings (SSSR count). The van der Waals surface area contributed by atoms with Crippen molar-refractivity contribution in [1.82, 2.24) is 4.31 Å². The van der Waals surface area contributed by atoms with Crippen LogP contribution < -0.4 is 0 Å². The van der Waals surface area contributed by atoms with Crippen molar-refractivity contribution in [3.05, 3.63) is 0 Å². The highest BCUT2D eigenvalue weighted by Crippen LogP contribution is 2.17. The van der Waals surface area contributed by atoms with Crippen LogP contribution in [0.25, 0.3) is 0 Å². The predicted octanol–water partition coefficient (Wildman–Crippen LogP) is 0.220. The van der Waals surface area contributed by atoms with Crippen LogP contribution in [0.15, 0.2) is 0 Å². The Morgan fingerprint density at radius 1 is 1.43 bits per heavy atom. The molecular formula is C8H17NO4S.